The monoisotopic (exact) mass is 475 g/mol. The molecule has 0 bridgehead atoms. The van der Waals surface area contributed by atoms with Crippen LogP contribution in [0.4, 0.5) is 0 Å². The van der Waals surface area contributed by atoms with Crippen molar-refractivity contribution >= 4 is 16.0 Å². The summed E-state index contributed by atoms with van der Waals surface area (Å²) in [6, 6.07) is 14.1. The lowest BCUT2D eigenvalue weighted by atomic mass is 9.89. The van der Waals surface area contributed by atoms with E-state index in [1.165, 1.54) is 25.3 Å². The Morgan fingerprint density at radius 3 is 2.39 bits per heavy atom. The summed E-state index contributed by atoms with van der Waals surface area (Å²) < 4.78 is 41.9. The summed E-state index contributed by atoms with van der Waals surface area (Å²) in [7, 11) is -0.965. The van der Waals surface area contributed by atoms with Gasteiger partial charge in [0.15, 0.2) is 4.75 Å². The molecule has 2 aromatic carbocycles. The molecule has 1 heterocycles. The van der Waals surface area contributed by atoms with E-state index in [1.54, 1.807) is 7.11 Å². The SMILES string of the molecule is CCOc1cccc(-c2ccc(C3CCN(S(=O)(=O)C(C)(C)C(=O)OC)CC3)cc2OC)c1. The Balaban J connectivity index is 1.77. The zero-order valence-electron chi connectivity index (χ0n) is 20.0. The lowest BCUT2D eigenvalue weighted by Crippen LogP contribution is -2.52. The summed E-state index contributed by atoms with van der Waals surface area (Å²) in [5.41, 5.74) is 3.10. The van der Waals surface area contributed by atoms with Crippen molar-refractivity contribution in [2.24, 2.45) is 0 Å². The van der Waals surface area contributed by atoms with E-state index >= 15 is 0 Å². The molecule has 180 valence electrons. The fraction of sp³-hybridized carbons (Fsp3) is 0.480. The van der Waals surface area contributed by atoms with Crippen molar-refractivity contribution in [3.63, 3.8) is 0 Å². The number of carbonyl (C=O) groups is 1. The van der Waals surface area contributed by atoms with Gasteiger partial charge in [0.25, 0.3) is 0 Å². The molecule has 7 nitrogen and oxygen atoms in total. The number of ether oxygens (including phenoxy) is 3. The second-order valence-electron chi connectivity index (χ2n) is 8.60. The predicted octanol–water partition coefficient (Wildman–Crippen LogP) is 4.22. The summed E-state index contributed by atoms with van der Waals surface area (Å²) in [6.45, 7) is 6.05. The number of benzene rings is 2. The molecule has 0 aliphatic carbocycles. The van der Waals surface area contributed by atoms with Crippen molar-refractivity contribution in [3.05, 3.63) is 48.0 Å². The number of piperidine rings is 1. The average Bonchev–Trinajstić information content (AvgIpc) is 2.83. The topological polar surface area (TPSA) is 82.1 Å². The number of carbonyl (C=O) groups excluding carboxylic acids is 1. The predicted molar refractivity (Wildman–Crippen MR) is 128 cm³/mol. The largest absolute Gasteiger partial charge is 0.496 e. The lowest BCUT2D eigenvalue weighted by Gasteiger charge is -2.35. The van der Waals surface area contributed by atoms with Crippen LogP contribution in [0.2, 0.25) is 0 Å². The van der Waals surface area contributed by atoms with Gasteiger partial charge in [-0.1, -0.05) is 24.3 Å². The highest BCUT2D eigenvalue weighted by molar-refractivity contribution is 7.91. The summed E-state index contributed by atoms with van der Waals surface area (Å²) >= 11 is 0. The Bertz CT molecular complexity index is 1090. The molecule has 0 N–H and O–H groups in total. The number of hydrogen-bond acceptors (Lipinski definition) is 6. The minimum atomic E-state index is -3.82. The number of methoxy groups -OCH3 is 2. The molecule has 0 amide bonds. The maximum atomic E-state index is 13.0. The van der Waals surface area contributed by atoms with Gasteiger partial charge in [0.1, 0.15) is 11.5 Å². The van der Waals surface area contributed by atoms with Crippen LogP contribution in [0.3, 0.4) is 0 Å². The van der Waals surface area contributed by atoms with E-state index in [0.29, 0.717) is 32.5 Å². The highest BCUT2D eigenvalue weighted by Crippen LogP contribution is 2.38. The second kappa shape index (κ2) is 10.1. The van der Waals surface area contributed by atoms with Gasteiger partial charge in [-0.05, 0) is 68.9 Å². The zero-order valence-corrected chi connectivity index (χ0v) is 20.8. The Hall–Kier alpha value is -2.58. The Morgan fingerprint density at radius 1 is 1.09 bits per heavy atom. The first-order valence-electron chi connectivity index (χ1n) is 11.1. The molecule has 33 heavy (non-hydrogen) atoms. The number of nitrogens with zero attached hydrogens (tertiary/aromatic N) is 1. The second-order valence-corrected chi connectivity index (χ2v) is 11.1. The van der Waals surface area contributed by atoms with Crippen molar-refractivity contribution in [1.29, 1.82) is 0 Å². The van der Waals surface area contributed by atoms with Gasteiger partial charge in [-0.3, -0.25) is 4.79 Å². The van der Waals surface area contributed by atoms with E-state index in [9.17, 15) is 13.2 Å². The molecule has 2 aromatic rings. The molecular formula is C25H33NO6S. The fourth-order valence-corrected chi connectivity index (χ4v) is 5.85. The van der Waals surface area contributed by atoms with Gasteiger partial charge in [-0.25, -0.2) is 12.7 Å². The molecule has 1 fully saturated rings. The molecule has 0 unspecified atom stereocenters. The first-order valence-corrected chi connectivity index (χ1v) is 12.6. The van der Waals surface area contributed by atoms with Gasteiger partial charge < -0.3 is 14.2 Å². The van der Waals surface area contributed by atoms with Gasteiger partial charge in [-0.15, -0.1) is 0 Å². The molecule has 0 atom stereocenters. The van der Waals surface area contributed by atoms with Crippen molar-refractivity contribution in [2.45, 2.75) is 44.3 Å². The third-order valence-electron chi connectivity index (χ3n) is 6.27. The molecular weight excluding hydrogens is 442 g/mol. The quantitative estimate of drug-likeness (QED) is 0.532. The molecule has 3 rings (SSSR count). The Morgan fingerprint density at radius 2 is 1.79 bits per heavy atom. The van der Waals surface area contributed by atoms with Crippen LogP contribution in [0.1, 0.15) is 45.1 Å². The van der Waals surface area contributed by atoms with Crippen LogP contribution < -0.4 is 9.47 Å². The minimum Gasteiger partial charge on any atom is -0.496 e. The maximum Gasteiger partial charge on any atom is 0.328 e. The summed E-state index contributed by atoms with van der Waals surface area (Å²) in [4.78, 5) is 12.0. The average molecular weight is 476 g/mol. The molecule has 0 spiro atoms. The molecule has 1 aliphatic heterocycles. The van der Waals surface area contributed by atoms with Crippen LogP contribution in [0.15, 0.2) is 42.5 Å². The highest BCUT2D eigenvalue weighted by Gasteiger charge is 2.47. The van der Waals surface area contributed by atoms with Crippen LogP contribution in [-0.2, 0) is 19.6 Å². The minimum absolute atomic E-state index is 0.204. The molecule has 8 heteroatoms. The third kappa shape index (κ3) is 5.01. The Labute approximate surface area is 196 Å². The van der Waals surface area contributed by atoms with E-state index in [0.717, 1.165) is 28.2 Å². The van der Waals surface area contributed by atoms with Gasteiger partial charge in [0.05, 0.1) is 20.8 Å². The molecule has 0 radical (unpaired) electrons. The van der Waals surface area contributed by atoms with Gasteiger partial charge in [-0.2, -0.15) is 0 Å². The van der Waals surface area contributed by atoms with E-state index < -0.39 is 20.7 Å². The van der Waals surface area contributed by atoms with E-state index in [-0.39, 0.29) is 5.92 Å². The number of sulfonamides is 1. The fourth-order valence-electron chi connectivity index (χ4n) is 4.22. The first kappa shape index (κ1) is 25.1. The number of rotatable bonds is 8. The Kier molecular flexibility index (Phi) is 7.69. The van der Waals surface area contributed by atoms with Gasteiger partial charge in [0, 0.05) is 18.7 Å². The van der Waals surface area contributed by atoms with E-state index in [4.69, 9.17) is 14.2 Å². The van der Waals surface area contributed by atoms with Crippen molar-refractivity contribution in [2.75, 3.05) is 33.9 Å². The maximum absolute atomic E-state index is 13.0. The number of esters is 1. The van der Waals surface area contributed by atoms with Crippen molar-refractivity contribution in [3.8, 4) is 22.6 Å². The first-order chi connectivity index (χ1) is 15.6. The van der Waals surface area contributed by atoms with Crippen molar-refractivity contribution < 1.29 is 27.4 Å². The molecule has 0 saturated carbocycles. The van der Waals surface area contributed by atoms with E-state index in [2.05, 4.69) is 6.07 Å². The lowest BCUT2D eigenvalue weighted by molar-refractivity contribution is -0.142. The molecule has 0 aromatic heterocycles. The van der Waals surface area contributed by atoms with Crippen LogP contribution in [0, 0.1) is 0 Å². The van der Waals surface area contributed by atoms with Gasteiger partial charge in [0.2, 0.25) is 10.0 Å². The highest BCUT2D eigenvalue weighted by atomic mass is 32.2. The number of hydrogen-bond donors (Lipinski definition) is 0. The standard InChI is InChI=1S/C25H33NO6S/c1-6-32-21-9-7-8-20(16-21)22-11-10-19(17-23(22)30-4)18-12-14-26(15-13-18)33(28,29)25(2,3)24(27)31-5/h7-11,16-18H,6,12-15H2,1-5H3. The van der Waals surface area contributed by atoms with Crippen LogP contribution in [0.5, 0.6) is 11.5 Å². The smallest absolute Gasteiger partial charge is 0.328 e. The van der Waals surface area contributed by atoms with Gasteiger partial charge >= 0.3 is 5.97 Å². The van der Waals surface area contributed by atoms with Crippen molar-refractivity contribution in [1.82, 2.24) is 4.31 Å². The third-order valence-corrected chi connectivity index (χ3v) is 8.77. The normalized spacial score (nSPS) is 15.8. The molecule has 1 saturated heterocycles. The van der Waals surface area contributed by atoms with Crippen LogP contribution >= 0.6 is 0 Å². The molecule has 1 aliphatic rings. The zero-order chi connectivity index (χ0) is 24.2. The van der Waals surface area contributed by atoms with Crippen LogP contribution in [0.25, 0.3) is 11.1 Å². The van der Waals surface area contributed by atoms with Crippen LogP contribution in [-0.4, -0.2) is 57.4 Å². The van der Waals surface area contributed by atoms with E-state index in [1.807, 2.05) is 43.3 Å². The summed E-state index contributed by atoms with van der Waals surface area (Å²) in [5.74, 6) is 1.03. The summed E-state index contributed by atoms with van der Waals surface area (Å²) in [6.07, 6.45) is 1.33. The summed E-state index contributed by atoms with van der Waals surface area (Å²) in [5, 5.41) is 0.